The summed E-state index contributed by atoms with van der Waals surface area (Å²) in [4.78, 5) is 1.46. The van der Waals surface area contributed by atoms with Crippen LogP contribution in [0.25, 0.3) is 38.0 Å². The van der Waals surface area contributed by atoms with Crippen molar-refractivity contribution >= 4 is 49.3 Å². The van der Waals surface area contributed by atoms with E-state index in [1.165, 1.54) is 49.6 Å². The fraction of sp³-hybridized carbons (Fsp3) is 0.238. The van der Waals surface area contributed by atoms with Gasteiger partial charge in [0.15, 0.2) is 0 Å². The number of benzene rings is 2. The van der Waals surface area contributed by atoms with Gasteiger partial charge in [0.2, 0.25) is 0 Å². The van der Waals surface area contributed by atoms with Gasteiger partial charge in [-0.25, -0.2) is 0 Å². The topological polar surface area (TPSA) is 4.93 Å². The van der Waals surface area contributed by atoms with Crippen LogP contribution >= 0.6 is 11.3 Å². The molecule has 0 atom stereocenters. The Morgan fingerprint density at radius 1 is 1.00 bits per heavy atom. The monoisotopic (exact) mass is 317 g/mol. The minimum absolute atomic E-state index is 0.462. The fourth-order valence-electron chi connectivity index (χ4n) is 4.07. The molecule has 0 aliphatic heterocycles. The highest BCUT2D eigenvalue weighted by Crippen LogP contribution is 2.43. The van der Waals surface area contributed by atoms with E-state index in [0.717, 1.165) is 0 Å². The third-order valence-electron chi connectivity index (χ3n) is 5.01. The molecule has 0 spiro atoms. The van der Waals surface area contributed by atoms with Gasteiger partial charge in [-0.2, -0.15) is 0 Å². The zero-order valence-corrected chi connectivity index (χ0v) is 14.3. The smallest absolute Gasteiger partial charge is 0.0508 e. The molecule has 23 heavy (non-hydrogen) atoms. The fourth-order valence-corrected chi connectivity index (χ4v) is 5.41. The molecule has 5 rings (SSSR count). The van der Waals surface area contributed by atoms with Crippen molar-refractivity contribution in [3.05, 3.63) is 52.9 Å². The van der Waals surface area contributed by atoms with Crippen LogP contribution in [0.15, 0.2) is 42.5 Å². The molecular formula is C21H19NS. The second kappa shape index (κ2) is 4.72. The molecule has 2 aromatic heterocycles. The number of hydrogen-bond donors (Lipinski definition) is 0. The van der Waals surface area contributed by atoms with Crippen LogP contribution in [-0.4, -0.2) is 4.57 Å². The summed E-state index contributed by atoms with van der Waals surface area (Å²) in [6.45, 7) is 4.55. The molecule has 114 valence electrons. The summed E-state index contributed by atoms with van der Waals surface area (Å²) in [5, 5.41) is 4.30. The first-order valence-corrected chi connectivity index (χ1v) is 9.21. The molecule has 0 saturated carbocycles. The maximum absolute atomic E-state index is 2.48. The molecule has 4 aromatic rings. The Morgan fingerprint density at radius 2 is 1.87 bits per heavy atom. The molecule has 2 heterocycles. The number of fused-ring (bicyclic) bond motifs is 7. The number of nitrogens with zero attached hydrogens (tertiary/aromatic N) is 1. The molecule has 0 saturated heterocycles. The third kappa shape index (κ3) is 1.73. The van der Waals surface area contributed by atoms with E-state index >= 15 is 0 Å². The summed E-state index contributed by atoms with van der Waals surface area (Å²) in [6, 6.07) is 14.0. The van der Waals surface area contributed by atoms with Crippen LogP contribution in [0.4, 0.5) is 0 Å². The molecule has 0 N–H and O–H groups in total. The van der Waals surface area contributed by atoms with E-state index in [4.69, 9.17) is 0 Å². The average Bonchev–Trinajstić information content (AvgIpc) is 3.10. The summed E-state index contributed by atoms with van der Waals surface area (Å²) >= 11 is 1.97. The van der Waals surface area contributed by atoms with Gasteiger partial charge in [0.05, 0.1) is 5.52 Å². The van der Waals surface area contributed by atoms with Crippen molar-refractivity contribution in [2.75, 3.05) is 0 Å². The predicted molar refractivity (Wildman–Crippen MR) is 103 cm³/mol. The van der Waals surface area contributed by atoms with Gasteiger partial charge in [-0.3, -0.25) is 0 Å². The van der Waals surface area contributed by atoms with Crippen LogP contribution in [0.1, 0.15) is 36.8 Å². The van der Waals surface area contributed by atoms with Crippen molar-refractivity contribution in [3.63, 3.8) is 0 Å². The minimum atomic E-state index is 0.462. The van der Waals surface area contributed by atoms with Crippen molar-refractivity contribution in [2.45, 2.75) is 32.7 Å². The van der Waals surface area contributed by atoms with E-state index in [2.05, 4.69) is 67.0 Å². The zero-order valence-electron chi connectivity index (χ0n) is 13.5. The number of para-hydroxylation sites is 1. The normalized spacial score (nSPS) is 14.4. The van der Waals surface area contributed by atoms with Crippen molar-refractivity contribution in [1.82, 2.24) is 4.57 Å². The first-order chi connectivity index (χ1) is 11.3. The zero-order chi connectivity index (χ0) is 15.6. The number of thiophene rings is 1. The number of aromatic nitrogens is 1. The minimum Gasteiger partial charge on any atom is -0.338 e. The van der Waals surface area contributed by atoms with E-state index in [-0.39, 0.29) is 0 Å². The van der Waals surface area contributed by atoms with Gasteiger partial charge in [0.25, 0.3) is 0 Å². The van der Waals surface area contributed by atoms with Gasteiger partial charge in [-0.15, -0.1) is 11.3 Å². The van der Waals surface area contributed by atoms with Crippen LogP contribution in [0.3, 0.4) is 0 Å². The maximum Gasteiger partial charge on any atom is 0.0508 e. The molecule has 0 amide bonds. The predicted octanol–water partition coefficient (Wildman–Crippen LogP) is 6.55. The number of rotatable bonds is 1. The standard InChI is InChI=1S/C21H19NS/c1-13(2)22-17-9-5-3-8-16(17)20-18(22)12-11-15-14-7-4-6-10-19(14)23-21(15)20/h3,5-6,8-13H,4,7H2,1-2H3. The Morgan fingerprint density at radius 3 is 2.74 bits per heavy atom. The quantitative estimate of drug-likeness (QED) is 0.375. The number of aryl methyl sites for hydroxylation is 1. The lowest BCUT2D eigenvalue weighted by Gasteiger charge is -2.11. The Hall–Kier alpha value is -2.06. The van der Waals surface area contributed by atoms with Crippen molar-refractivity contribution < 1.29 is 0 Å². The van der Waals surface area contributed by atoms with E-state index < -0.39 is 0 Å². The van der Waals surface area contributed by atoms with E-state index in [1.54, 1.807) is 5.56 Å². The van der Waals surface area contributed by atoms with Gasteiger partial charge in [0.1, 0.15) is 0 Å². The molecular weight excluding hydrogens is 298 g/mol. The Labute approximate surface area is 139 Å². The highest BCUT2D eigenvalue weighted by molar-refractivity contribution is 7.21. The molecule has 1 nitrogen and oxygen atoms in total. The lowest BCUT2D eigenvalue weighted by atomic mass is 10.00. The molecule has 2 heteroatoms. The van der Waals surface area contributed by atoms with E-state index in [1.807, 2.05) is 11.3 Å². The number of allylic oxidation sites excluding steroid dienone is 1. The van der Waals surface area contributed by atoms with Crippen LogP contribution in [-0.2, 0) is 6.42 Å². The summed E-state index contributed by atoms with van der Waals surface area (Å²) in [6.07, 6.45) is 6.98. The van der Waals surface area contributed by atoms with Crippen LogP contribution in [0, 0.1) is 0 Å². The maximum atomic E-state index is 2.48. The number of hydrogen-bond acceptors (Lipinski definition) is 1. The lowest BCUT2D eigenvalue weighted by Crippen LogP contribution is -1.99. The molecule has 1 aliphatic rings. The van der Waals surface area contributed by atoms with Gasteiger partial charge >= 0.3 is 0 Å². The lowest BCUT2D eigenvalue weighted by molar-refractivity contribution is 0.642. The second-order valence-corrected chi connectivity index (χ2v) is 7.76. The molecule has 0 fully saturated rings. The molecule has 0 bridgehead atoms. The molecule has 1 aliphatic carbocycles. The summed E-state index contributed by atoms with van der Waals surface area (Å²) in [5.41, 5.74) is 4.28. The summed E-state index contributed by atoms with van der Waals surface area (Å²) in [5.74, 6) is 0. The second-order valence-electron chi connectivity index (χ2n) is 6.70. The SMILES string of the molecule is CC(C)n1c2ccccc2c2c3sc4c(c3ccc21)CCC=C4. The van der Waals surface area contributed by atoms with Crippen molar-refractivity contribution in [3.8, 4) is 0 Å². The summed E-state index contributed by atoms with van der Waals surface area (Å²) in [7, 11) is 0. The first-order valence-electron chi connectivity index (χ1n) is 8.39. The van der Waals surface area contributed by atoms with Crippen LogP contribution < -0.4 is 0 Å². The highest BCUT2D eigenvalue weighted by atomic mass is 32.1. The van der Waals surface area contributed by atoms with Gasteiger partial charge < -0.3 is 4.57 Å². The van der Waals surface area contributed by atoms with Crippen LogP contribution in [0.5, 0.6) is 0 Å². The van der Waals surface area contributed by atoms with Gasteiger partial charge in [-0.05, 0) is 55.8 Å². The van der Waals surface area contributed by atoms with E-state index in [0.29, 0.717) is 6.04 Å². The molecule has 0 unspecified atom stereocenters. The third-order valence-corrected chi connectivity index (χ3v) is 6.24. The Balaban J connectivity index is 2.04. The van der Waals surface area contributed by atoms with Crippen molar-refractivity contribution in [1.29, 1.82) is 0 Å². The van der Waals surface area contributed by atoms with Crippen molar-refractivity contribution in [2.24, 2.45) is 0 Å². The van der Waals surface area contributed by atoms with Gasteiger partial charge in [0, 0.05) is 31.9 Å². The van der Waals surface area contributed by atoms with Gasteiger partial charge in [-0.1, -0.05) is 30.3 Å². The Kier molecular flexibility index (Phi) is 2.75. The first kappa shape index (κ1) is 13.4. The molecule has 0 radical (unpaired) electrons. The summed E-state index contributed by atoms with van der Waals surface area (Å²) < 4.78 is 3.95. The van der Waals surface area contributed by atoms with E-state index in [9.17, 15) is 0 Å². The highest BCUT2D eigenvalue weighted by Gasteiger charge is 2.19. The largest absolute Gasteiger partial charge is 0.338 e. The molecule has 2 aromatic carbocycles. The Bertz CT molecular complexity index is 1090. The van der Waals surface area contributed by atoms with Crippen LogP contribution in [0.2, 0.25) is 0 Å². The average molecular weight is 317 g/mol.